The number of amides is 1. The van der Waals surface area contributed by atoms with Crippen molar-refractivity contribution in [2.45, 2.75) is 71.1 Å². The number of carbonyl (C=O) groups is 1. The van der Waals surface area contributed by atoms with E-state index in [9.17, 15) is 4.79 Å². The molecule has 0 N–H and O–H groups in total. The molecular weight excluding hydrogens is 578 g/mol. The van der Waals surface area contributed by atoms with Gasteiger partial charge in [-0.2, -0.15) is 0 Å². The SMILES string of the molecule is CCOC1CN(C(=O)OC(C)(C)C)CC(OCc2ccc3ccccc3c2)C1c1ccc(OCCCOCc2ccccc2)cc1. The van der Waals surface area contributed by atoms with E-state index in [1.807, 2.05) is 70.2 Å². The van der Waals surface area contributed by atoms with Crippen molar-refractivity contribution < 1.29 is 28.5 Å². The molecule has 0 aromatic heterocycles. The van der Waals surface area contributed by atoms with Crippen LogP contribution in [-0.4, -0.2) is 61.7 Å². The molecule has 3 atom stereocenters. The van der Waals surface area contributed by atoms with Gasteiger partial charge in [0.25, 0.3) is 0 Å². The number of nitrogens with zero attached hydrogens (tertiary/aromatic N) is 1. The molecule has 244 valence electrons. The van der Waals surface area contributed by atoms with Gasteiger partial charge < -0.3 is 28.6 Å². The molecule has 7 heteroatoms. The molecule has 0 radical (unpaired) electrons. The Morgan fingerprint density at radius 3 is 2.17 bits per heavy atom. The predicted octanol–water partition coefficient (Wildman–Crippen LogP) is 8.15. The molecule has 1 aliphatic heterocycles. The Labute approximate surface area is 273 Å². The van der Waals surface area contributed by atoms with Gasteiger partial charge in [-0.1, -0.05) is 78.9 Å². The van der Waals surface area contributed by atoms with Gasteiger partial charge in [-0.05, 0) is 73.4 Å². The average molecular weight is 626 g/mol. The molecule has 3 unspecified atom stereocenters. The Morgan fingerprint density at radius 1 is 0.761 bits per heavy atom. The fraction of sp³-hybridized carbons (Fsp3) is 0.410. The molecule has 1 aliphatic rings. The van der Waals surface area contributed by atoms with Crippen molar-refractivity contribution >= 4 is 16.9 Å². The summed E-state index contributed by atoms with van der Waals surface area (Å²) in [7, 11) is 0. The molecule has 0 saturated carbocycles. The van der Waals surface area contributed by atoms with E-state index >= 15 is 0 Å². The quantitative estimate of drug-likeness (QED) is 0.140. The summed E-state index contributed by atoms with van der Waals surface area (Å²) in [5.41, 5.74) is 2.74. The maximum atomic E-state index is 13.2. The summed E-state index contributed by atoms with van der Waals surface area (Å²) in [4.78, 5) is 14.9. The van der Waals surface area contributed by atoms with Gasteiger partial charge in [0.1, 0.15) is 11.4 Å². The molecule has 4 aromatic rings. The summed E-state index contributed by atoms with van der Waals surface area (Å²) >= 11 is 0. The summed E-state index contributed by atoms with van der Waals surface area (Å²) in [6.45, 7) is 11.2. The van der Waals surface area contributed by atoms with Gasteiger partial charge in [-0.3, -0.25) is 0 Å². The molecule has 0 spiro atoms. The van der Waals surface area contributed by atoms with Crippen LogP contribution < -0.4 is 4.74 Å². The standard InChI is InChI=1S/C39H47NO6/c1-5-43-35-25-40(38(41)46-39(2,3)4)26-36(45-28-30-16-17-31-14-9-10-15-33(31)24-30)37(35)32-18-20-34(21-19-32)44-23-11-22-42-27-29-12-7-6-8-13-29/h6-10,12-21,24,35-37H,5,11,22-23,25-28H2,1-4H3. The summed E-state index contributed by atoms with van der Waals surface area (Å²) < 4.78 is 30.5. The lowest BCUT2D eigenvalue weighted by molar-refractivity contribution is -0.0940. The van der Waals surface area contributed by atoms with Gasteiger partial charge >= 0.3 is 6.09 Å². The topological polar surface area (TPSA) is 66.5 Å². The number of likely N-dealkylation sites (tertiary alicyclic amines) is 1. The zero-order valence-corrected chi connectivity index (χ0v) is 27.5. The molecule has 0 aliphatic carbocycles. The maximum absolute atomic E-state index is 13.2. The van der Waals surface area contributed by atoms with E-state index in [0.29, 0.717) is 46.1 Å². The van der Waals surface area contributed by atoms with Crippen LogP contribution in [0.4, 0.5) is 4.79 Å². The van der Waals surface area contributed by atoms with Crippen LogP contribution in [0.25, 0.3) is 10.8 Å². The average Bonchev–Trinajstić information content (AvgIpc) is 3.05. The highest BCUT2D eigenvalue weighted by molar-refractivity contribution is 5.82. The van der Waals surface area contributed by atoms with Crippen molar-refractivity contribution in [3.05, 3.63) is 114 Å². The summed E-state index contributed by atoms with van der Waals surface area (Å²) in [5, 5.41) is 2.36. The zero-order chi connectivity index (χ0) is 32.4. The summed E-state index contributed by atoms with van der Waals surface area (Å²) in [6.07, 6.45) is -0.125. The molecule has 7 nitrogen and oxygen atoms in total. The molecule has 1 heterocycles. The van der Waals surface area contributed by atoms with Gasteiger partial charge in [0.05, 0.1) is 51.7 Å². The van der Waals surface area contributed by atoms with E-state index in [-0.39, 0.29) is 24.2 Å². The van der Waals surface area contributed by atoms with Crippen LogP contribution >= 0.6 is 0 Å². The molecule has 4 aromatic carbocycles. The first-order valence-electron chi connectivity index (χ1n) is 16.3. The monoisotopic (exact) mass is 625 g/mol. The van der Waals surface area contributed by atoms with Gasteiger partial charge in [-0.15, -0.1) is 0 Å². The largest absolute Gasteiger partial charge is 0.494 e. The van der Waals surface area contributed by atoms with Crippen LogP contribution in [-0.2, 0) is 32.2 Å². The molecule has 1 fully saturated rings. The Morgan fingerprint density at radius 2 is 1.46 bits per heavy atom. The smallest absolute Gasteiger partial charge is 0.410 e. The van der Waals surface area contributed by atoms with Crippen molar-refractivity contribution in [2.24, 2.45) is 0 Å². The maximum Gasteiger partial charge on any atom is 0.410 e. The second-order valence-electron chi connectivity index (χ2n) is 12.7. The second-order valence-corrected chi connectivity index (χ2v) is 12.7. The lowest BCUT2D eigenvalue weighted by Gasteiger charge is -2.43. The van der Waals surface area contributed by atoms with Crippen molar-refractivity contribution in [3.8, 4) is 5.75 Å². The second kappa shape index (κ2) is 16.1. The highest BCUT2D eigenvalue weighted by Gasteiger charge is 2.42. The Balaban J connectivity index is 1.26. The number of hydrogen-bond donors (Lipinski definition) is 0. The van der Waals surface area contributed by atoms with Gasteiger partial charge in [0.2, 0.25) is 0 Å². The highest BCUT2D eigenvalue weighted by atomic mass is 16.6. The number of benzene rings is 4. The number of hydrogen-bond acceptors (Lipinski definition) is 6. The molecule has 0 bridgehead atoms. The van der Waals surface area contributed by atoms with Crippen molar-refractivity contribution in [1.29, 1.82) is 0 Å². The lowest BCUT2D eigenvalue weighted by atomic mass is 9.84. The van der Waals surface area contributed by atoms with Crippen molar-refractivity contribution in [2.75, 3.05) is 32.9 Å². The molecular formula is C39H47NO6. The third kappa shape index (κ3) is 9.55. The van der Waals surface area contributed by atoms with Crippen LogP contribution in [0, 0.1) is 0 Å². The Bertz CT molecular complexity index is 1520. The van der Waals surface area contributed by atoms with E-state index in [1.165, 1.54) is 16.3 Å². The molecule has 46 heavy (non-hydrogen) atoms. The van der Waals surface area contributed by atoms with Crippen LogP contribution in [0.1, 0.15) is 56.7 Å². The Hall–Kier alpha value is -3.91. The zero-order valence-electron chi connectivity index (χ0n) is 27.5. The summed E-state index contributed by atoms with van der Waals surface area (Å²) in [6, 6.07) is 33.1. The van der Waals surface area contributed by atoms with Crippen LogP contribution in [0.2, 0.25) is 0 Å². The van der Waals surface area contributed by atoms with Crippen LogP contribution in [0.3, 0.4) is 0 Å². The third-order valence-electron chi connectivity index (χ3n) is 7.99. The highest BCUT2D eigenvalue weighted by Crippen LogP contribution is 2.35. The van der Waals surface area contributed by atoms with E-state index in [1.54, 1.807) is 4.90 Å². The van der Waals surface area contributed by atoms with E-state index in [0.717, 1.165) is 23.3 Å². The number of carbonyl (C=O) groups excluding carboxylic acids is 1. The first-order valence-corrected chi connectivity index (χ1v) is 16.3. The van der Waals surface area contributed by atoms with E-state index < -0.39 is 5.60 Å². The number of piperidine rings is 1. The minimum absolute atomic E-state index is 0.0838. The lowest BCUT2D eigenvalue weighted by Crippen LogP contribution is -2.55. The Kier molecular flexibility index (Phi) is 11.7. The first kappa shape index (κ1) is 33.5. The van der Waals surface area contributed by atoms with Crippen LogP contribution in [0.5, 0.6) is 5.75 Å². The molecule has 5 rings (SSSR count). The number of ether oxygens (including phenoxy) is 5. The normalized spacial score (nSPS) is 18.4. The molecule has 1 saturated heterocycles. The van der Waals surface area contributed by atoms with E-state index in [2.05, 4.69) is 54.6 Å². The molecule has 1 amide bonds. The van der Waals surface area contributed by atoms with Crippen molar-refractivity contribution in [1.82, 2.24) is 4.90 Å². The summed E-state index contributed by atoms with van der Waals surface area (Å²) in [5.74, 6) is 0.721. The van der Waals surface area contributed by atoms with E-state index in [4.69, 9.17) is 23.7 Å². The fourth-order valence-electron chi connectivity index (χ4n) is 5.84. The third-order valence-corrected chi connectivity index (χ3v) is 7.99. The van der Waals surface area contributed by atoms with Gasteiger partial charge in [-0.25, -0.2) is 4.79 Å². The first-order chi connectivity index (χ1) is 22.3. The van der Waals surface area contributed by atoms with Gasteiger partial charge in [0.15, 0.2) is 0 Å². The number of rotatable bonds is 13. The fourth-order valence-corrected chi connectivity index (χ4v) is 5.84. The van der Waals surface area contributed by atoms with Gasteiger partial charge in [0, 0.05) is 18.9 Å². The predicted molar refractivity (Wildman–Crippen MR) is 181 cm³/mol. The minimum Gasteiger partial charge on any atom is -0.494 e. The van der Waals surface area contributed by atoms with Crippen LogP contribution in [0.15, 0.2) is 97.1 Å². The minimum atomic E-state index is -0.597. The van der Waals surface area contributed by atoms with Crippen molar-refractivity contribution in [3.63, 3.8) is 0 Å². The number of fused-ring (bicyclic) bond motifs is 1.